The smallest absolute Gasteiger partial charge is 0.129 e. The molecule has 1 aliphatic heterocycles. The zero-order chi connectivity index (χ0) is 12.8. The van der Waals surface area contributed by atoms with Crippen LogP contribution in [-0.2, 0) is 0 Å². The molecule has 1 atom stereocenters. The predicted octanol–water partition coefficient (Wildman–Crippen LogP) is 3.71. The van der Waals surface area contributed by atoms with Gasteiger partial charge in [0.1, 0.15) is 11.4 Å². The molecule has 0 aromatic heterocycles. The van der Waals surface area contributed by atoms with Crippen molar-refractivity contribution in [2.45, 2.75) is 58.7 Å². The molecule has 0 bridgehead atoms. The first-order chi connectivity index (χ1) is 7.82. The minimum atomic E-state index is -0.411. The van der Waals surface area contributed by atoms with E-state index in [1.54, 1.807) is 0 Å². The minimum absolute atomic E-state index is 0.285. The van der Waals surface area contributed by atoms with Crippen LogP contribution in [0.4, 0.5) is 0 Å². The second-order valence-electron chi connectivity index (χ2n) is 5.95. The van der Waals surface area contributed by atoms with E-state index in [9.17, 15) is 5.11 Å². The highest BCUT2D eigenvalue weighted by Crippen LogP contribution is 2.44. The lowest BCUT2D eigenvalue weighted by atomic mass is 9.84. The summed E-state index contributed by atoms with van der Waals surface area (Å²) < 4.78 is 6.05. The van der Waals surface area contributed by atoms with Crippen molar-refractivity contribution in [1.82, 2.24) is 0 Å². The van der Waals surface area contributed by atoms with Crippen LogP contribution in [0.2, 0.25) is 0 Å². The molecule has 0 saturated carbocycles. The molecule has 1 aromatic carbocycles. The molecule has 1 aliphatic rings. The summed E-state index contributed by atoms with van der Waals surface area (Å²) in [7, 11) is 0. The molecule has 2 rings (SSSR count). The molecule has 0 fully saturated rings. The first-order valence-corrected chi connectivity index (χ1v) is 6.32. The number of fused-ring (bicyclic) bond motifs is 1. The normalized spacial score (nSPS) is 22.2. The average Bonchev–Trinajstić information content (AvgIpc) is 2.17. The SMILES string of the molecule is Cc1ccc(C(C)C)c2c1OC(C)(C)CC2O. The van der Waals surface area contributed by atoms with Gasteiger partial charge >= 0.3 is 0 Å². The van der Waals surface area contributed by atoms with Gasteiger partial charge in [0.15, 0.2) is 0 Å². The maximum Gasteiger partial charge on any atom is 0.129 e. The Morgan fingerprint density at radius 3 is 2.59 bits per heavy atom. The molecule has 0 saturated heterocycles. The molecule has 1 unspecified atom stereocenters. The highest BCUT2D eigenvalue weighted by atomic mass is 16.5. The van der Waals surface area contributed by atoms with E-state index < -0.39 is 6.10 Å². The largest absolute Gasteiger partial charge is 0.487 e. The van der Waals surface area contributed by atoms with E-state index in [2.05, 4.69) is 26.0 Å². The number of aliphatic hydroxyl groups is 1. The standard InChI is InChI=1S/C15H22O2/c1-9(2)11-7-6-10(3)14-13(11)12(16)8-15(4,5)17-14/h6-7,9,12,16H,8H2,1-5H3. The van der Waals surface area contributed by atoms with E-state index in [1.807, 2.05) is 20.8 Å². The third kappa shape index (κ3) is 2.19. The quantitative estimate of drug-likeness (QED) is 0.802. The van der Waals surface area contributed by atoms with Gasteiger partial charge in [0.2, 0.25) is 0 Å². The van der Waals surface area contributed by atoms with Crippen LogP contribution in [0.1, 0.15) is 62.8 Å². The van der Waals surface area contributed by atoms with Gasteiger partial charge in [-0.3, -0.25) is 0 Å². The van der Waals surface area contributed by atoms with Crippen molar-refractivity contribution in [2.24, 2.45) is 0 Å². The zero-order valence-electron chi connectivity index (χ0n) is 11.4. The molecule has 1 N–H and O–H groups in total. The van der Waals surface area contributed by atoms with Crippen molar-refractivity contribution < 1.29 is 9.84 Å². The van der Waals surface area contributed by atoms with Crippen LogP contribution in [0.15, 0.2) is 12.1 Å². The molecule has 0 spiro atoms. The van der Waals surface area contributed by atoms with Gasteiger partial charge in [0.25, 0.3) is 0 Å². The molecule has 0 aliphatic carbocycles. The number of aryl methyl sites for hydroxylation is 1. The molecule has 1 aromatic rings. The van der Waals surface area contributed by atoms with Gasteiger partial charge < -0.3 is 9.84 Å². The monoisotopic (exact) mass is 234 g/mol. The molecule has 17 heavy (non-hydrogen) atoms. The lowest BCUT2D eigenvalue weighted by molar-refractivity contribution is 0.0101. The highest BCUT2D eigenvalue weighted by molar-refractivity contribution is 5.50. The van der Waals surface area contributed by atoms with Crippen LogP contribution in [0.3, 0.4) is 0 Å². The lowest BCUT2D eigenvalue weighted by Gasteiger charge is -2.38. The van der Waals surface area contributed by atoms with Crippen molar-refractivity contribution in [2.75, 3.05) is 0 Å². The molecule has 2 nitrogen and oxygen atoms in total. The van der Waals surface area contributed by atoms with Crippen molar-refractivity contribution in [3.8, 4) is 5.75 Å². The van der Waals surface area contributed by atoms with E-state index in [0.29, 0.717) is 12.3 Å². The second kappa shape index (κ2) is 4.02. The Morgan fingerprint density at radius 2 is 2.00 bits per heavy atom. The van der Waals surface area contributed by atoms with Crippen LogP contribution < -0.4 is 4.74 Å². The Labute approximate surface area is 104 Å². The summed E-state index contributed by atoms with van der Waals surface area (Å²) in [5.41, 5.74) is 3.02. The van der Waals surface area contributed by atoms with E-state index >= 15 is 0 Å². The highest BCUT2D eigenvalue weighted by Gasteiger charge is 2.35. The van der Waals surface area contributed by atoms with Crippen LogP contribution in [0, 0.1) is 6.92 Å². The fourth-order valence-electron chi connectivity index (χ4n) is 2.59. The van der Waals surface area contributed by atoms with Crippen LogP contribution in [0.5, 0.6) is 5.75 Å². The number of aliphatic hydroxyl groups excluding tert-OH is 1. The van der Waals surface area contributed by atoms with Crippen LogP contribution >= 0.6 is 0 Å². The summed E-state index contributed by atoms with van der Waals surface area (Å²) in [4.78, 5) is 0. The molecule has 2 heteroatoms. The molecule has 1 heterocycles. The van der Waals surface area contributed by atoms with Gasteiger partial charge in [-0.05, 0) is 37.8 Å². The number of rotatable bonds is 1. The predicted molar refractivity (Wildman–Crippen MR) is 69.6 cm³/mol. The fourth-order valence-corrected chi connectivity index (χ4v) is 2.59. The van der Waals surface area contributed by atoms with E-state index in [1.165, 1.54) is 5.56 Å². The molecule has 0 radical (unpaired) electrons. The maximum atomic E-state index is 10.4. The first-order valence-electron chi connectivity index (χ1n) is 6.32. The zero-order valence-corrected chi connectivity index (χ0v) is 11.4. The summed E-state index contributed by atoms with van der Waals surface area (Å²) in [5.74, 6) is 1.30. The molecule has 0 amide bonds. The third-order valence-corrected chi connectivity index (χ3v) is 3.45. The van der Waals surface area contributed by atoms with E-state index in [0.717, 1.165) is 16.9 Å². The third-order valence-electron chi connectivity index (χ3n) is 3.45. The summed E-state index contributed by atoms with van der Waals surface area (Å²) in [6.45, 7) is 10.4. The van der Waals surface area contributed by atoms with Gasteiger partial charge in [-0.25, -0.2) is 0 Å². The molecular weight excluding hydrogens is 212 g/mol. The summed E-state index contributed by atoms with van der Waals surface area (Å²) >= 11 is 0. The van der Waals surface area contributed by atoms with Crippen LogP contribution in [-0.4, -0.2) is 10.7 Å². The number of hydrogen-bond donors (Lipinski definition) is 1. The van der Waals surface area contributed by atoms with Gasteiger partial charge in [0.05, 0.1) is 6.10 Å². The Balaban J connectivity index is 2.60. The van der Waals surface area contributed by atoms with E-state index in [4.69, 9.17) is 4.74 Å². The topological polar surface area (TPSA) is 29.5 Å². The Hall–Kier alpha value is -1.02. The van der Waals surface area contributed by atoms with Gasteiger partial charge in [-0.2, -0.15) is 0 Å². The van der Waals surface area contributed by atoms with Crippen molar-refractivity contribution >= 4 is 0 Å². The van der Waals surface area contributed by atoms with Crippen molar-refractivity contribution in [3.63, 3.8) is 0 Å². The Bertz CT molecular complexity index is 433. The van der Waals surface area contributed by atoms with Gasteiger partial charge in [-0.1, -0.05) is 26.0 Å². The summed E-state index contributed by atoms with van der Waals surface area (Å²) in [6, 6.07) is 4.20. The number of ether oxygens (including phenoxy) is 1. The Morgan fingerprint density at radius 1 is 1.35 bits per heavy atom. The molecule has 94 valence electrons. The lowest BCUT2D eigenvalue weighted by Crippen LogP contribution is -2.35. The maximum absolute atomic E-state index is 10.4. The van der Waals surface area contributed by atoms with Crippen molar-refractivity contribution in [1.29, 1.82) is 0 Å². The van der Waals surface area contributed by atoms with Crippen LogP contribution in [0.25, 0.3) is 0 Å². The average molecular weight is 234 g/mol. The summed E-state index contributed by atoms with van der Waals surface area (Å²) in [6.07, 6.45) is 0.245. The first kappa shape index (κ1) is 12.4. The van der Waals surface area contributed by atoms with E-state index in [-0.39, 0.29) is 5.60 Å². The number of benzene rings is 1. The summed E-state index contributed by atoms with van der Waals surface area (Å²) in [5, 5.41) is 10.4. The Kier molecular flexibility index (Phi) is 2.94. The number of hydrogen-bond acceptors (Lipinski definition) is 2. The minimum Gasteiger partial charge on any atom is -0.487 e. The van der Waals surface area contributed by atoms with Crippen molar-refractivity contribution in [3.05, 3.63) is 28.8 Å². The second-order valence-corrected chi connectivity index (χ2v) is 5.95. The van der Waals surface area contributed by atoms with Gasteiger partial charge in [0, 0.05) is 12.0 Å². The fraction of sp³-hybridized carbons (Fsp3) is 0.600. The molecular formula is C15H22O2. The van der Waals surface area contributed by atoms with Gasteiger partial charge in [-0.15, -0.1) is 0 Å².